The monoisotopic (exact) mass is 180 g/mol. The Bertz CT molecular complexity index is 266. The maximum atomic E-state index is 12.9. The highest BCUT2D eigenvalue weighted by molar-refractivity contribution is 5.20. The van der Waals surface area contributed by atoms with E-state index in [9.17, 15) is 4.39 Å². The molecule has 1 atom stereocenters. The number of hydrogen-bond donors (Lipinski definition) is 0. The van der Waals surface area contributed by atoms with E-state index in [0.717, 1.165) is 12.0 Å². The summed E-state index contributed by atoms with van der Waals surface area (Å²) in [6.45, 7) is 6.51. The molecule has 13 heavy (non-hydrogen) atoms. The van der Waals surface area contributed by atoms with Crippen LogP contribution in [0.2, 0.25) is 0 Å². The lowest BCUT2D eigenvalue weighted by Crippen LogP contribution is -2.05. The van der Waals surface area contributed by atoms with Crippen LogP contribution in [0.5, 0.6) is 0 Å². The summed E-state index contributed by atoms with van der Waals surface area (Å²) in [5, 5.41) is 0. The van der Waals surface area contributed by atoms with Crippen molar-refractivity contribution in [2.45, 2.75) is 33.1 Å². The first-order valence-electron chi connectivity index (χ1n) is 4.90. The van der Waals surface area contributed by atoms with Crippen molar-refractivity contribution in [2.24, 2.45) is 5.92 Å². The van der Waals surface area contributed by atoms with E-state index in [1.165, 1.54) is 6.07 Å². The van der Waals surface area contributed by atoms with Gasteiger partial charge in [0.2, 0.25) is 0 Å². The molecule has 0 heterocycles. The first-order valence-corrected chi connectivity index (χ1v) is 4.90. The molecule has 0 amide bonds. The Morgan fingerprint density at radius 2 is 2.00 bits per heavy atom. The number of rotatable bonds is 3. The number of halogens is 1. The molecule has 0 saturated carbocycles. The quantitative estimate of drug-likeness (QED) is 0.660. The molecule has 0 bridgehead atoms. The summed E-state index contributed by atoms with van der Waals surface area (Å²) in [5.74, 6) is 0.930. The van der Waals surface area contributed by atoms with Gasteiger partial charge in [0, 0.05) is 0 Å². The topological polar surface area (TPSA) is 0 Å². The maximum absolute atomic E-state index is 12.9. The van der Waals surface area contributed by atoms with Crippen LogP contribution in [0.15, 0.2) is 24.3 Å². The molecule has 1 aromatic rings. The Hall–Kier alpha value is -0.850. The van der Waals surface area contributed by atoms with Gasteiger partial charge in [0.25, 0.3) is 0 Å². The summed E-state index contributed by atoms with van der Waals surface area (Å²) in [6, 6.07) is 6.94. The van der Waals surface area contributed by atoms with Gasteiger partial charge in [-0.25, -0.2) is 4.39 Å². The molecule has 0 N–H and O–H groups in total. The van der Waals surface area contributed by atoms with Gasteiger partial charge in [0.05, 0.1) is 0 Å². The second kappa shape index (κ2) is 4.40. The molecule has 1 aromatic carbocycles. The zero-order chi connectivity index (χ0) is 9.84. The molecule has 1 heteroatoms. The van der Waals surface area contributed by atoms with Crippen molar-refractivity contribution in [3.05, 3.63) is 35.6 Å². The molecule has 0 aliphatic carbocycles. The van der Waals surface area contributed by atoms with Gasteiger partial charge in [0.1, 0.15) is 5.82 Å². The lowest BCUT2D eigenvalue weighted by Gasteiger charge is -2.19. The summed E-state index contributed by atoms with van der Waals surface area (Å²) in [7, 11) is 0. The molecule has 0 fully saturated rings. The molecule has 0 nitrogen and oxygen atoms in total. The lowest BCUT2D eigenvalue weighted by atomic mass is 9.86. The van der Waals surface area contributed by atoms with Gasteiger partial charge in [-0.2, -0.15) is 0 Å². The van der Waals surface area contributed by atoms with Gasteiger partial charge >= 0.3 is 0 Å². The fraction of sp³-hybridized carbons (Fsp3) is 0.500. The molecule has 72 valence electrons. The summed E-state index contributed by atoms with van der Waals surface area (Å²) in [5.41, 5.74) is 1.12. The van der Waals surface area contributed by atoms with E-state index < -0.39 is 0 Å². The van der Waals surface area contributed by atoms with Crippen LogP contribution in [-0.4, -0.2) is 0 Å². The van der Waals surface area contributed by atoms with Crippen molar-refractivity contribution < 1.29 is 4.39 Å². The second-order valence-corrected chi connectivity index (χ2v) is 3.81. The summed E-state index contributed by atoms with van der Waals surface area (Å²) in [4.78, 5) is 0. The third kappa shape index (κ3) is 2.55. The lowest BCUT2D eigenvalue weighted by molar-refractivity contribution is 0.482. The second-order valence-electron chi connectivity index (χ2n) is 3.81. The molecule has 0 aliphatic rings. The molecule has 1 unspecified atom stereocenters. The van der Waals surface area contributed by atoms with Crippen molar-refractivity contribution in [1.82, 2.24) is 0 Å². The normalized spacial score (nSPS) is 13.3. The third-order valence-electron chi connectivity index (χ3n) is 2.52. The van der Waals surface area contributed by atoms with E-state index >= 15 is 0 Å². The molecule has 0 saturated heterocycles. The van der Waals surface area contributed by atoms with Gasteiger partial charge < -0.3 is 0 Å². The van der Waals surface area contributed by atoms with Crippen LogP contribution in [-0.2, 0) is 0 Å². The van der Waals surface area contributed by atoms with Crippen LogP contribution in [0.3, 0.4) is 0 Å². The van der Waals surface area contributed by atoms with Crippen LogP contribution in [0.1, 0.15) is 38.7 Å². The zero-order valence-electron chi connectivity index (χ0n) is 8.55. The minimum absolute atomic E-state index is 0.128. The van der Waals surface area contributed by atoms with Crippen molar-refractivity contribution in [1.29, 1.82) is 0 Å². The van der Waals surface area contributed by atoms with Gasteiger partial charge in [-0.1, -0.05) is 32.9 Å². The SMILES string of the molecule is CCC(c1cccc(F)c1)C(C)C. The maximum Gasteiger partial charge on any atom is 0.123 e. The average molecular weight is 180 g/mol. The van der Waals surface area contributed by atoms with Crippen molar-refractivity contribution in [3.8, 4) is 0 Å². The summed E-state index contributed by atoms with van der Waals surface area (Å²) in [6.07, 6.45) is 1.07. The van der Waals surface area contributed by atoms with Gasteiger partial charge in [-0.15, -0.1) is 0 Å². The Balaban J connectivity index is 2.91. The predicted molar refractivity (Wildman–Crippen MR) is 54.3 cm³/mol. The summed E-state index contributed by atoms with van der Waals surface area (Å²) < 4.78 is 12.9. The van der Waals surface area contributed by atoms with E-state index in [4.69, 9.17) is 0 Å². The third-order valence-corrected chi connectivity index (χ3v) is 2.52. The minimum atomic E-state index is -0.128. The van der Waals surface area contributed by atoms with E-state index in [2.05, 4.69) is 20.8 Å². The molecular weight excluding hydrogens is 163 g/mol. The largest absolute Gasteiger partial charge is 0.207 e. The Morgan fingerprint density at radius 3 is 2.46 bits per heavy atom. The number of benzene rings is 1. The number of hydrogen-bond acceptors (Lipinski definition) is 0. The molecule has 0 radical (unpaired) electrons. The van der Waals surface area contributed by atoms with E-state index in [1.54, 1.807) is 12.1 Å². The molecule has 0 spiro atoms. The van der Waals surface area contributed by atoms with Crippen LogP contribution in [0.25, 0.3) is 0 Å². The molecule has 0 aromatic heterocycles. The van der Waals surface area contributed by atoms with Crippen molar-refractivity contribution in [2.75, 3.05) is 0 Å². The first-order chi connectivity index (χ1) is 6.15. The van der Waals surface area contributed by atoms with Crippen LogP contribution in [0, 0.1) is 11.7 Å². The van der Waals surface area contributed by atoms with E-state index in [-0.39, 0.29) is 5.82 Å². The van der Waals surface area contributed by atoms with Crippen molar-refractivity contribution >= 4 is 0 Å². The highest BCUT2D eigenvalue weighted by Crippen LogP contribution is 2.27. The van der Waals surface area contributed by atoms with Gasteiger partial charge in [0.15, 0.2) is 0 Å². The van der Waals surface area contributed by atoms with E-state index in [1.807, 2.05) is 6.07 Å². The fourth-order valence-corrected chi connectivity index (χ4v) is 1.83. The highest BCUT2D eigenvalue weighted by Gasteiger charge is 2.13. The Morgan fingerprint density at radius 1 is 1.31 bits per heavy atom. The predicted octanol–water partition coefficient (Wildman–Crippen LogP) is 3.98. The first kappa shape index (κ1) is 10.2. The minimum Gasteiger partial charge on any atom is -0.207 e. The van der Waals surface area contributed by atoms with Crippen LogP contribution in [0.4, 0.5) is 4.39 Å². The van der Waals surface area contributed by atoms with Gasteiger partial charge in [-0.05, 0) is 36.0 Å². The smallest absolute Gasteiger partial charge is 0.123 e. The molecule has 0 aliphatic heterocycles. The van der Waals surface area contributed by atoms with E-state index in [0.29, 0.717) is 11.8 Å². The molecule has 1 rings (SSSR count). The zero-order valence-corrected chi connectivity index (χ0v) is 8.55. The van der Waals surface area contributed by atoms with Crippen molar-refractivity contribution in [3.63, 3.8) is 0 Å². The molecular formula is C12H17F. The fourth-order valence-electron chi connectivity index (χ4n) is 1.83. The van der Waals surface area contributed by atoms with Crippen LogP contribution < -0.4 is 0 Å². The highest BCUT2D eigenvalue weighted by atomic mass is 19.1. The average Bonchev–Trinajstić information content (AvgIpc) is 2.04. The Kier molecular flexibility index (Phi) is 3.47. The van der Waals surface area contributed by atoms with Gasteiger partial charge in [-0.3, -0.25) is 0 Å². The summed E-state index contributed by atoms with van der Waals surface area (Å²) >= 11 is 0. The Labute approximate surface area is 79.8 Å². The standard InChI is InChI=1S/C12H17F/c1-4-12(9(2)3)10-6-5-7-11(13)8-10/h5-9,12H,4H2,1-3H3. The van der Waals surface area contributed by atoms with Crippen LogP contribution >= 0.6 is 0 Å².